The lowest BCUT2D eigenvalue weighted by Gasteiger charge is -2.19. The Morgan fingerprint density at radius 1 is 0.946 bits per heavy atom. The van der Waals surface area contributed by atoms with Gasteiger partial charge in [-0.05, 0) is 68.2 Å². The van der Waals surface area contributed by atoms with Gasteiger partial charge in [-0.25, -0.2) is 9.59 Å². The lowest BCUT2D eigenvalue weighted by Crippen LogP contribution is -2.33. The first kappa shape index (κ1) is 35.3. The minimum atomic E-state index is -0.839. The van der Waals surface area contributed by atoms with Gasteiger partial charge in [0.2, 0.25) is 0 Å². The maximum atomic E-state index is 11.4. The molecule has 0 aromatic carbocycles. The zero-order valence-corrected chi connectivity index (χ0v) is 23.9. The zero-order chi connectivity index (χ0) is 28.5. The number of aliphatic hydroxyl groups excluding tert-OH is 2. The van der Waals surface area contributed by atoms with Gasteiger partial charge in [0.15, 0.2) is 5.79 Å². The first-order chi connectivity index (χ1) is 17.0. The van der Waals surface area contributed by atoms with Crippen LogP contribution in [0.2, 0.25) is 0 Å². The van der Waals surface area contributed by atoms with E-state index in [-0.39, 0.29) is 19.3 Å². The molecule has 1 aliphatic rings. The average molecular weight is 539 g/mol. The summed E-state index contributed by atoms with van der Waals surface area (Å²) in [6, 6.07) is 0. The van der Waals surface area contributed by atoms with Crippen LogP contribution in [0.1, 0.15) is 68.2 Å². The summed E-state index contributed by atoms with van der Waals surface area (Å²) < 4.78 is 31.8. The molecule has 220 valence electrons. The molecule has 2 unspecified atom stereocenters. The molecule has 0 aliphatic carbocycles. The molecular weight excluding hydrogens is 488 g/mol. The van der Waals surface area contributed by atoms with E-state index in [4.69, 9.17) is 38.6 Å². The molecule has 1 aliphatic heterocycles. The topological polar surface area (TPSA) is 154 Å². The van der Waals surface area contributed by atoms with E-state index in [0.717, 1.165) is 6.42 Å². The fourth-order valence-electron chi connectivity index (χ4n) is 2.69. The molecule has 1 heterocycles. The van der Waals surface area contributed by atoms with Crippen LogP contribution >= 0.6 is 0 Å². The van der Waals surface area contributed by atoms with Gasteiger partial charge in [0, 0.05) is 26.3 Å². The van der Waals surface area contributed by atoms with Gasteiger partial charge in [-0.3, -0.25) is 0 Å². The van der Waals surface area contributed by atoms with E-state index < -0.39 is 35.3 Å². The number of ether oxygens (including phenoxy) is 6. The Kier molecular flexibility index (Phi) is 16.9. The van der Waals surface area contributed by atoms with Gasteiger partial charge in [0.05, 0.1) is 26.4 Å². The third-order valence-electron chi connectivity index (χ3n) is 4.16. The molecule has 1 rings (SSSR count). The predicted octanol–water partition coefficient (Wildman–Crippen LogP) is 2.34. The van der Waals surface area contributed by atoms with Crippen LogP contribution in [0.15, 0.2) is 0 Å². The minimum Gasteiger partial charge on any atom is -0.444 e. The molecule has 0 radical (unpaired) electrons. The molecular formula is C25H50N2O10. The highest BCUT2D eigenvalue weighted by Gasteiger charge is 2.32. The number of alkyl carbamates (subject to hydrolysis) is 2. The standard InChI is InChI=1S/C14H27NO5.C11H23NO5/c1-13(2,3)20-12(16)15-7-6-8-17-9-11-10-18-14(4,5)19-11;1-11(2,3)17-10(15)12-5-4-6-16-8-9(14)7-13/h11H,6-10H2,1-5H3,(H,15,16);9,13-14H,4-8H2,1-3H3,(H,12,15). The van der Waals surface area contributed by atoms with Crippen LogP contribution in [-0.4, -0.2) is 104 Å². The number of carbonyl (C=O) groups excluding carboxylic acids is 2. The maximum absolute atomic E-state index is 11.4. The van der Waals surface area contributed by atoms with Crippen molar-refractivity contribution in [1.29, 1.82) is 0 Å². The number of hydrogen-bond acceptors (Lipinski definition) is 10. The zero-order valence-electron chi connectivity index (χ0n) is 23.9. The van der Waals surface area contributed by atoms with Crippen molar-refractivity contribution in [2.45, 2.75) is 97.4 Å². The molecule has 4 N–H and O–H groups in total. The second-order valence-corrected chi connectivity index (χ2v) is 11.0. The molecule has 0 aromatic heterocycles. The van der Waals surface area contributed by atoms with Crippen LogP contribution in [-0.2, 0) is 28.4 Å². The van der Waals surface area contributed by atoms with Gasteiger partial charge in [-0.15, -0.1) is 0 Å². The highest BCUT2D eigenvalue weighted by atomic mass is 16.7. The SMILES string of the molecule is CC(C)(C)OC(=O)NCCCOCC(O)CO.CC(C)(C)OC(=O)NCCCOCC1COC(C)(C)O1. The smallest absolute Gasteiger partial charge is 0.407 e. The summed E-state index contributed by atoms with van der Waals surface area (Å²) in [4.78, 5) is 22.6. The lowest BCUT2D eigenvalue weighted by molar-refractivity contribution is -0.145. The van der Waals surface area contributed by atoms with E-state index in [1.54, 1.807) is 20.8 Å². The summed E-state index contributed by atoms with van der Waals surface area (Å²) in [5.74, 6) is -0.508. The van der Waals surface area contributed by atoms with Crippen LogP contribution in [0.5, 0.6) is 0 Å². The summed E-state index contributed by atoms with van der Waals surface area (Å²) in [7, 11) is 0. The second-order valence-electron chi connectivity index (χ2n) is 11.0. The van der Waals surface area contributed by atoms with Crippen molar-refractivity contribution in [2.75, 3.05) is 52.7 Å². The van der Waals surface area contributed by atoms with Crippen molar-refractivity contribution in [3.8, 4) is 0 Å². The van der Waals surface area contributed by atoms with Crippen LogP contribution in [0, 0.1) is 0 Å². The quantitative estimate of drug-likeness (QED) is 0.257. The van der Waals surface area contributed by atoms with Crippen molar-refractivity contribution in [1.82, 2.24) is 10.6 Å². The molecule has 0 bridgehead atoms. The Bertz CT molecular complexity index is 632. The van der Waals surface area contributed by atoms with Crippen LogP contribution in [0.25, 0.3) is 0 Å². The summed E-state index contributed by atoms with van der Waals surface area (Å²) in [6.45, 7) is 17.5. The highest BCUT2D eigenvalue weighted by Crippen LogP contribution is 2.22. The molecule has 1 fully saturated rings. The van der Waals surface area contributed by atoms with Gasteiger partial charge < -0.3 is 49.3 Å². The Hall–Kier alpha value is -1.70. The van der Waals surface area contributed by atoms with E-state index in [2.05, 4.69) is 10.6 Å². The van der Waals surface area contributed by atoms with Gasteiger partial charge in [0.25, 0.3) is 0 Å². The van der Waals surface area contributed by atoms with Crippen LogP contribution < -0.4 is 10.6 Å². The van der Waals surface area contributed by atoms with E-state index >= 15 is 0 Å². The van der Waals surface area contributed by atoms with Crippen molar-refractivity contribution in [3.05, 3.63) is 0 Å². The fraction of sp³-hybridized carbons (Fsp3) is 0.920. The number of rotatable bonds is 13. The number of nitrogens with one attached hydrogen (secondary N) is 2. The largest absolute Gasteiger partial charge is 0.444 e. The van der Waals surface area contributed by atoms with Gasteiger partial charge in [0.1, 0.15) is 23.4 Å². The molecule has 2 atom stereocenters. The van der Waals surface area contributed by atoms with Crippen molar-refractivity contribution in [3.63, 3.8) is 0 Å². The maximum Gasteiger partial charge on any atom is 0.407 e. The van der Waals surface area contributed by atoms with Crippen LogP contribution in [0.3, 0.4) is 0 Å². The fourth-order valence-corrected chi connectivity index (χ4v) is 2.69. The third-order valence-corrected chi connectivity index (χ3v) is 4.16. The Morgan fingerprint density at radius 3 is 1.84 bits per heavy atom. The van der Waals surface area contributed by atoms with Crippen molar-refractivity contribution in [2.24, 2.45) is 0 Å². The third kappa shape index (κ3) is 23.2. The molecule has 37 heavy (non-hydrogen) atoms. The molecule has 1 saturated heterocycles. The Balaban J connectivity index is 0.000000712. The first-order valence-electron chi connectivity index (χ1n) is 12.7. The average Bonchev–Trinajstić information content (AvgIpc) is 3.09. The molecule has 0 spiro atoms. The summed E-state index contributed by atoms with van der Waals surface area (Å²) >= 11 is 0. The molecule has 12 heteroatoms. The van der Waals surface area contributed by atoms with Gasteiger partial charge in [-0.2, -0.15) is 0 Å². The molecule has 0 saturated carbocycles. The lowest BCUT2D eigenvalue weighted by atomic mass is 10.2. The number of carbonyl (C=O) groups is 2. The summed E-state index contributed by atoms with van der Waals surface area (Å²) in [5, 5.41) is 22.8. The Labute approximate surface area is 221 Å². The molecule has 0 aromatic rings. The Morgan fingerprint density at radius 2 is 1.43 bits per heavy atom. The highest BCUT2D eigenvalue weighted by molar-refractivity contribution is 5.67. The van der Waals surface area contributed by atoms with E-state index in [9.17, 15) is 9.59 Å². The van der Waals surface area contributed by atoms with Gasteiger partial charge >= 0.3 is 12.2 Å². The molecule has 12 nitrogen and oxygen atoms in total. The normalized spacial score (nSPS) is 17.8. The number of aliphatic hydroxyl groups is 2. The van der Waals surface area contributed by atoms with E-state index in [1.807, 2.05) is 34.6 Å². The summed E-state index contributed by atoms with van der Waals surface area (Å²) in [6.07, 6.45) is -0.342. The number of amides is 2. The number of hydrogen-bond donors (Lipinski definition) is 4. The monoisotopic (exact) mass is 538 g/mol. The first-order valence-corrected chi connectivity index (χ1v) is 12.7. The second kappa shape index (κ2) is 17.7. The summed E-state index contributed by atoms with van der Waals surface area (Å²) in [5.41, 5.74) is -0.959. The van der Waals surface area contributed by atoms with E-state index in [1.165, 1.54) is 0 Å². The van der Waals surface area contributed by atoms with E-state index in [0.29, 0.717) is 45.9 Å². The predicted molar refractivity (Wildman–Crippen MR) is 137 cm³/mol. The van der Waals surface area contributed by atoms with Gasteiger partial charge in [-0.1, -0.05) is 0 Å². The van der Waals surface area contributed by atoms with Crippen molar-refractivity contribution < 1.29 is 48.2 Å². The van der Waals surface area contributed by atoms with Crippen molar-refractivity contribution >= 4 is 12.2 Å². The molecule has 2 amide bonds. The van der Waals surface area contributed by atoms with Crippen LogP contribution in [0.4, 0.5) is 9.59 Å². The minimum absolute atomic E-state index is 0.0104.